The molecule has 2 rings (SSSR count). The molecule has 0 unspecified atom stereocenters. The predicted octanol–water partition coefficient (Wildman–Crippen LogP) is 3.55. The van der Waals surface area contributed by atoms with Crippen molar-refractivity contribution in [3.8, 4) is 0 Å². The average Bonchev–Trinajstić information content (AvgIpc) is 3.02. The van der Waals surface area contributed by atoms with Crippen LogP contribution in [0.2, 0.25) is 0 Å². The lowest BCUT2D eigenvalue weighted by Crippen LogP contribution is -2.06. The zero-order valence-corrected chi connectivity index (χ0v) is 13.1. The Morgan fingerprint density at radius 2 is 1.95 bits per heavy atom. The monoisotopic (exact) mass is 275 g/mol. The molecule has 0 fully saturated rings. The van der Waals surface area contributed by atoms with Gasteiger partial charge < -0.3 is 5.32 Å². The highest BCUT2D eigenvalue weighted by atomic mass is 15.3. The van der Waals surface area contributed by atoms with Gasteiger partial charge in [-0.3, -0.25) is 9.36 Å². The molecule has 5 nitrogen and oxygen atoms in total. The van der Waals surface area contributed by atoms with Gasteiger partial charge in [-0.2, -0.15) is 10.2 Å². The van der Waals surface area contributed by atoms with Gasteiger partial charge in [0, 0.05) is 42.7 Å². The molecule has 2 heterocycles. The average molecular weight is 275 g/mol. The van der Waals surface area contributed by atoms with Crippen molar-refractivity contribution in [2.75, 3.05) is 5.32 Å². The second kappa shape index (κ2) is 6.11. The minimum Gasteiger partial charge on any atom is -0.364 e. The number of aryl methyl sites for hydroxylation is 1. The molecule has 0 aliphatic rings. The summed E-state index contributed by atoms with van der Waals surface area (Å²) in [5.74, 6) is 0.919. The van der Waals surface area contributed by atoms with E-state index in [9.17, 15) is 0 Å². The highest BCUT2D eigenvalue weighted by Gasteiger charge is 2.08. The first kappa shape index (κ1) is 14.6. The minimum atomic E-state index is 0.395. The van der Waals surface area contributed by atoms with Gasteiger partial charge in [0.25, 0.3) is 0 Å². The van der Waals surface area contributed by atoms with E-state index in [2.05, 4.69) is 49.4 Å². The van der Waals surface area contributed by atoms with E-state index in [4.69, 9.17) is 0 Å². The molecule has 1 N–H and O–H groups in total. The van der Waals surface area contributed by atoms with Crippen LogP contribution in [-0.2, 0) is 6.54 Å². The van der Waals surface area contributed by atoms with Gasteiger partial charge in [-0.25, -0.2) is 0 Å². The Balaban J connectivity index is 2.00. The van der Waals surface area contributed by atoms with Gasteiger partial charge in [-0.1, -0.05) is 6.92 Å². The van der Waals surface area contributed by atoms with E-state index in [1.165, 1.54) is 5.56 Å². The number of hydrogen-bond acceptors (Lipinski definition) is 3. The first-order valence-corrected chi connectivity index (χ1v) is 7.35. The van der Waals surface area contributed by atoms with E-state index in [1.54, 1.807) is 0 Å². The molecule has 20 heavy (non-hydrogen) atoms. The fourth-order valence-corrected chi connectivity index (χ4v) is 2.01. The summed E-state index contributed by atoms with van der Waals surface area (Å²) in [7, 11) is 0. The van der Waals surface area contributed by atoms with Crippen molar-refractivity contribution in [1.29, 1.82) is 0 Å². The molecule has 0 radical (unpaired) electrons. The molecule has 1 atom stereocenters. The normalized spacial score (nSPS) is 12.9. The van der Waals surface area contributed by atoms with Crippen molar-refractivity contribution in [1.82, 2.24) is 19.6 Å². The molecule has 0 bridgehead atoms. The Hall–Kier alpha value is -1.78. The largest absolute Gasteiger partial charge is 0.364 e. The third kappa shape index (κ3) is 3.21. The summed E-state index contributed by atoms with van der Waals surface area (Å²) < 4.78 is 4.01. The molecule has 0 aliphatic carbocycles. The highest BCUT2D eigenvalue weighted by Crippen LogP contribution is 2.15. The SMILES string of the molecule is CC[C@@H](C)n1ccc(NCc2cn(C(C)C)nc2C)n1. The molecule has 5 heteroatoms. The van der Waals surface area contributed by atoms with Gasteiger partial charge >= 0.3 is 0 Å². The Kier molecular flexibility index (Phi) is 4.47. The topological polar surface area (TPSA) is 47.7 Å². The van der Waals surface area contributed by atoms with Gasteiger partial charge in [-0.15, -0.1) is 0 Å². The molecular weight excluding hydrogens is 250 g/mol. The zero-order valence-electron chi connectivity index (χ0n) is 13.1. The van der Waals surface area contributed by atoms with Gasteiger partial charge in [0.05, 0.1) is 5.69 Å². The van der Waals surface area contributed by atoms with E-state index in [0.29, 0.717) is 12.1 Å². The van der Waals surface area contributed by atoms with Gasteiger partial charge in [0.2, 0.25) is 0 Å². The standard InChI is InChI=1S/C15H25N5/c1-6-12(4)19-8-7-15(18-19)16-9-14-10-20(11(2)3)17-13(14)5/h7-8,10-12H,6,9H2,1-5H3,(H,16,18)/t12-/m1/s1. The van der Waals surface area contributed by atoms with E-state index in [1.807, 2.05) is 28.6 Å². The van der Waals surface area contributed by atoms with E-state index in [-0.39, 0.29) is 0 Å². The lowest BCUT2D eigenvalue weighted by molar-refractivity contribution is 0.479. The predicted molar refractivity (Wildman–Crippen MR) is 81.9 cm³/mol. The molecular formula is C15H25N5. The number of rotatable bonds is 6. The summed E-state index contributed by atoms with van der Waals surface area (Å²) in [6.45, 7) is 11.4. The summed E-state index contributed by atoms with van der Waals surface area (Å²) >= 11 is 0. The summed E-state index contributed by atoms with van der Waals surface area (Å²) in [4.78, 5) is 0. The van der Waals surface area contributed by atoms with Crippen molar-refractivity contribution in [2.24, 2.45) is 0 Å². The Bertz CT molecular complexity index is 552. The van der Waals surface area contributed by atoms with Crippen LogP contribution in [-0.4, -0.2) is 19.6 Å². The quantitative estimate of drug-likeness (QED) is 0.877. The fraction of sp³-hybridized carbons (Fsp3) is 0.600. The van der Waals surface area contributed by atoms with Crippen LogP contribution in [0.1, 0.15) is 57.5 Å². The fourth-order valence-electron chi connectivity index (χ4n) is 2.01. The zero-order chi connectivity index (χ0) is 14.7. The van der Waals surface area contributed by atoms with Crippen LogP contribution in [0.4, 0.5) is 5.82 Å². The Morgan fingerprint density at radius 3 is 2.55 bits per heavy atom. The number of nitrogens with zero attached hydrogens (tertiary/aromatic N) is 4. The summed E-state index contributed by atoms with van der Waals surface area (Å²) in [6.07, 6.45) is 5.22. The van der Waals surface area contributed by atoms with Crippen LogP contribution in [0.5, 0.6) is 0 Å². The second-order valence-electron chi connectivity index (χ2n) is 5.61. The van der Waals surface area contributed by atoms with Gasteiger partial charge in [0.15, 0.2) is 0 Å². The lowest BCUT2D eigenvalue weighted by Gasteiger charge is -2.08. The molecule has 2 aromatic rings. The van der Waals surface area contributed by atoms with E-state index in [0.717, 1.165) is 24.5 Å². The molecule has 2 aromatic heterocycles. The Morgan fingerprint density at radius 1 is 1.20 bits per heavy atom. The lowest BCUT2D eigenvalue weighted by atomic mass is 10.2. The van der Waals surface area contributed by atoms with E-state index < -0.39 is 0 Å². The van der Waals surface area contributed by atoms with Crippen molar-refractivity contribution in [2.45, 2.75) is 59.7 Å². The maximum Gasteiger partial charge on any atom is 0.148 e. The van der Waals surface area contributed by atoms with Crippen molar-refractivity contribution in [3.05, 3.63) is 29.7 Å². The number of hydrogen-bond donors (Lipinski definition) is 1. The molecule has 0 aromatic carbocycles. The maximum atomic E-state index is 4.55. The van der Waals surface area contributed by atoms with Crippen LogP contribution >= 0.6 is 0 Å². The second-order valence-corrected chi connectivity index (χ2v) is 5.61. The molecule has 0 saturated heterocycles. The van der Waals surface area contributed by atoms with E-state index >= 15 is 0 Å². The smallest absolute Gasteiger partial charge is 0.148 e. The number of aromatic nitrogens is 4. The van der Waals surface area contributed by atoms with Crippen molar-refractivity contribution < 1.29 is 0 Å². The molecule has 110 valence electrons. The van der Waals surface area contributed by atoms with Crippen LogP contribution in [0.25, 0.3) is 0 Å². The molecule has 0 spiro atoms. The first-order valence-electron chi connectivity index (χ1n) is 7.35. The van der Waals surface area contributed by atoms with Crippen molar-refractivity contribution >= 4 is 5.82 Å². The number of nitrogens with one attached hydrogen (secondary N) is 1. The van der Waals surface area contributed by atoms with Crippen LogP contribution < -0.4 is 5.32 Å². The summed E-state index contributed by atoms with van der Waals surface area (Å²) in [5, 5.41) is 12.4. The maximum absolute atomic E-state index is 4.55. The molecule has 0 aliphatic heterocycles. The minimum absolute atomic E-state index is 0.395. The first-order chi connectivity index (χ1) is 9.51. The molecule has 0 saturated carbocycles. The summed E-state index contributed by atoms with van der Waals surface area (Å²) in [6, 6.07) is 2.86. The molecule has 0 amide bonds. The summed E-state index contributed by atoms with van der Waals surface area (Å²) in [5.41, 5.74) is 2.30. The van der Waals surface area contributed by atoms with Crippen LogP contribution in [0, 0.1) is 6.92 Å². The van der Waals surface area contributed by atoms with Gasteiger partial charge in [-0.05, 0) is 34.1 Å². The van der Waals surface area contributed by atoms with Gasteiger partial charge in [0.1, 0.15) is 5.82 Å². The van der Waals surface area contributed by atoms with Crippen molar-refractivity contribution in [3.63, 3.8) is 0 Å². The third-order valence-corrected chi connectivity index (χ3v) is 3.66. The third-order valence-electron chi connectivity index (χ3n) is 3.66. The van der Waals surface area contributed by atoms with Crippen LogP contribution in [0.15, 0.2) is 18.5 Å². The highest BCUT2D eigenvalue weighted by molar-refractivity contribution is 5.34. The number of anilines is 1. The Labute approximate surface area is 121 Å². The van der Waals surface area contributed by atoms with Crippen LogP contribution in [0.3, 0.4) is 0 Å².